The second kappa shape index (κ2) is 6.57. The SMILES string of the molecule is CCc1ccc(NCCN2CCOCC2)nc1. The normalized spacial score (nSPS) is 17.0. The molecule has 1 N–H and O–H groups in total. The summed E-state index contributed by atoms with van der Waals surface area (Å²) in [5.41, 5.74) is 1.28. The molecule has 2 rings (SSSR count). The fourth-order valence-corrected chi connectivity index (χ4v) is 1.91. The standard InChI is InChI=1S/C13H21N3O/c1-2-12-3-4-13(15-11-12)14-5-6-16-7-9-17-10-8-16/h3-4,11H,2,5-10H2,1H3,(H,14,15). The van der Waals surface area contributed by atoms with Crippen LogP contribution < -0.4 is 5.32 Å². The van der Waals surface area contributed by atoms with Crippen molar-refractivity contribution in [3.05, 3.63) is 23.9 Å². The van der Waals surface area contributed by atoms with Crippen LogP contribution in [0.5, 0.6) is 0 Å². The van der Waals surface area contributed by atoms with E-state index in [1.165, 1.54) is 5.56 Å². The van der Waals surface area contributed by atoms with Gasteiger partial charge in [-0.15, -0.1) is 0 Å². The molecular formula is C13H21N3O. The average Bonchev–Trinajstić information content (AvgIpc) is 2.41. The molecule has 1 saturated heterocycles. The molecule has 17 heavy (non-hydrogen) atoms. The molecule has 1 aromatic heterocycles. The van der Waals surface area contributed by atoms with Gasteiger partial charge in [0.2, 0.25) is 0 Å². The van der Waals surface area contributed by atoms with Gasteiger partial charge in [0, 0.05) is 32.4 Å². The van der Waals surface area contributed by atoms with Crippen molar-refractivity contribution in [2.24, 2.45) is 0 Å². The number of aromatic nitrogens is 1. The lowest BCUT2D eigenvalue weighted by atomic mass is 10.2. The maximum Gasteiger partial charge on any atom is 0.125 e. The molecule has 94 valence electrons. The first kappa shape index (κ1) is 12.3. The third kappa shape index (κ3) is 3.98. The molecule has 0 aromatic carbocycles. The van der Waals surface area contributed by atoms with E-state index >= 15 is 0 Å². The van der Waals surface area contributed by atoms with E-state index in [1.807, 2.05) is 6.20 Å². The van der Waals surface area contributed by atoms with Crippen LogP contribution in [0.1, 0.15) is 12.5 Å². The van der Waals surface area contributed by atoms with E-state index in [1.54, 1.807) is 0 Å². The first-order valence-electron chi connectivity index (χ1n) is 6.37. The van der Waals surface area contributed by atoms with Gasteiger partial charge in [-0.1, -0.05) is 13.0 Å². The largest absolute Gasteiger partial charge is 0.379 e. The quantitative estimate of drug-likeness (QED) is 0.837. The summed E-state index contributed by atoms with van der Waals surface area (Å²) in [6, 6.07) is 4.18. The topological polar surface area (TPSA) is 37.4 Å². The van der Waals surface area contributed by atoms with Gasteiger partial charge < -0.3 is 10.1 Å². The highest BCUT2D eigenvalue weighted by Crippen LogP contribution is 2.05. The Labute approximate surface area is 103 Å². The number of rotatable bonds is 5. The molecular weight excluding hydrogens is 214 g/mol. The molecule has 0 spiro atoms. The summed E-state index contributed by atoms with van der Waals surface area (Å²) in [7, 11) is 0. The molecule has 0 amide bonds. The second-order valence-electron chi connectivity index (χ2n) is 4.29. The number of pyridine rings is 1. The van der Waals surface area contributed by atoms with Crippen molar-refractivity contribution in [1.82, 2.24) is 9.88 Å². The van der Waals surface area contributed by atoms with Gasteiger partial charge in [-0.05, 0) is 18.1 Å². The van der Waals surface area contributed by atoms with E-state index in [0.717, 1.165) is 51.6 Å². The Kier molecular flexibility index (Phi) is 4.76. The Morgan fingerprint density at radius 3 is 2.82 bits per heavy atom. The molecule has 2 heterocycles. The minimum atomic E-state index is 0.865. The molecule has 0 saturated carbocycles. The summed E-state index contributed by atoms with van der Waals surface area (Å²) in [4.78, 5) is 6.79. The van der Waals surface area contributed by atoms with Crippen molar-refractivity contribution in [3.8, 4) is 0 Å². The third-order valence-corrected chi connectivity index (χ3v) is 3.07. The average molecular weight is 235 g/mol. The summed E-state index contributed by atoms with van der Waals surface area (Å²) < 4.78 is 5.32. The van der Waals surface area contributed by atoms with Crippen LogP contribution in [-0.2, 0) is 11.2 Å². The minimum Gasteiger partial charge on any atom is -0.379 e. The van der Waals surface area contributed by atoms with Crippen molar-refractivity contribution in [2.75, 3.05) is 44.7 Å². The van der Waals surface area contributed by atoms with Gasteiger partial charge in [0.05, 0.1) is 13.2 Å². The van der Waals surface area contributed by atoms with Crippen molar-refractivity contribution < 1.29 is 4.74 Å². The number of morpholine rings is 1. The van der Waals surface area contributed by atoms with Gasteiger partial charge in [-0.2, -0.15) is 0 Å². The van der Waals surface area contributed by atoms with Gasteiger partial charge in [0.15, 0.2) is 0 Å². The number of ether oxygens (including phenoxy) is 1. The maximum atomic E-state index is 5.32. The number of nitrogens with zero attached hydrogens (tertiary/aromatic N) is 2. The van der Waals surface area contributed by atoms with Crippen LogP contribution in [-0.4, -0.2) is 49.3 Å². The predicted octanol–water partition coefficient (Wildman–Crippen LogP) is 1.39. The Hall–Kier alpha value is -1.13. The number of hydrogen-bond acceptors (Lipinski definition) is 4. The molecule has 1 aliphatic heterocycles. The highest BCUT2D eigenvalue weighted by atomic mass is 16.5. The summed E-state index contributed by atoms with van der Waals surface area (Å²) in [5.74, 6) is 0.968. The van der Waals surface area contributed by atoms with Crippen LogP contribution in [0.15, 0.2) is 18.3 Å². The van der Waals surface area contributed by atoms with Crippen molar-refractivity contribution in [3.63, 3.8) is 0 Å². The van der Waals surface area contributed by atoms with E-state index in [0.29, 0.717) is 0 Å². The smallest absolute Gasteiger partial charge is 0.125 e. The van der Waals surface area contributed by atoms with Crippen molar-refractivity contribution >= 4 is 5.82 Å². The lowest BCUT2D eigenvalue weighted by Crippen LogP contribution is -2.39. The molecule has 4 heteroatoms. The monoisotopic (exact) mass is 235 g/mol. The highest BCUT2D eigenvalue weighted by Gasteiger charge is 2.08. The number of hydrogen-bond donors (Lipinski definition) is 1. The second-order valence-corrected chi connectivity index (χ2v) is 4.29. The third-order valence-electron chi connectivity index (χ3n) is 3.07. The minimum absolute atomic E-state index is 0.865. The molecule has 0 atom stereocenters. The molecule has 0 radical (unpaired) electrons. The summed E-state index contributed by atoms with van der Waals surface area (Å²) >= 11 is 0. The molecule has 4 nitrogen and oxygen atoms in total. The van der Waals surface area contributed by atoms with Gasteiger partial charge in [-0.3, -0.25) is 4.90 Å². The van der Waals surface area contributed by atoms with Crippen molar-refractivity contribution in [1.29, 1.82) is 0 Å². The Morgan fingerprint density at radius 2 is 2.18 bits per heavy atom. The predicted molar refractivity (Wildman–Crippen MR) is 69.4 cm³/mol. The lowest BCUT2D eigenvalue weighted by molar-refractivity contribution is 0.0398. The molecule has 0 bridgehead atoms. The molecule has 0 aliphatic carbocycles. The first-order chi connectivity index (χ1) is 8.38. The zero-order valence-electron chi connectivity index (χ0n) is 10.5. The van der Waals surface area contributed by atoms with Crippen LogP contribution in [0, 0.1) is 0 Å². The molecule has 0 unspecified atom stereocenters. The van der Waals surface area contributed by atoms with E-state index in [4.69, 9.17) is 4.74 Å². The summed E-state index contributed by atoms with van der Waals surface area (Å²) in [6.07, 6.45) is 2.98. The van der Waals surface area contributed by atoms with Gasteiger partial charge >= 0.3 is 0 Å². The Bertz CT molecular complexity index is 320. The van der Waals surface area contributed by atoms with E-state index < -0.39 is 0 Å². The van der Waals surface area contributed by atoms with E-state index in [9.17, 15) is 0 Å². The number of aryl methyl sites for hydroxylation is 1. The van der Waals surface area contributed by atoms with Crippen LogP contribution in [0.4, 0.5) is 5.82 Å². The van der Waals surface area contributed by atoms with Crippen LogP contribution >= 0.6 is 0 Å². The highest BCUT2D eigenvalue weighted by molar-refractivity contribution is 5.35. The fourth-order valence-electron chi connectivity index (χ4n) is 1.91. The van der Waals surface area contributed by atoms with Gasteiger partial charge in [-0.25, -0.2) is 4.98 Å². The van der Waals surface area contributed by atoms with Crippen LogP contribution in [0.25, 0.3) is 0 Å². The molecule has 1 aromatic rings. The maximum absolute atomic E-state index is 5.32. The summed E-state index contributed by atoms with van der Waals surface area (Å²) in [6.45, 7) is 7.96. The zero-order chi connectivity index (χ0) is 11.9. The summed E-state index contributed by atoms with van der Waals surface area (Å²) in [5, 5.41) is 3.35. The van der Waals surface area contributed by atoms with Gasteiger partial charge in [0.25, 0.3) is 0 Å². The van der Waals surface area contributed by atoms with E-state index in [2.05, 4.69) is 34.3 Å². The zero-order valence-corrected chi connectivity index (χ0v) is 10.5. The molecule has 1 fully saturated rings. The van der Waals surface area contributed by atoms with Crippen LogP contribution in [0.2, 0.25) is 0 Å². The fraction of sp³-hybridized carbons (Fsp3) is 0.615. The van der Waals surface area contributed by atoms with Gasteiger partial charge in [0.1, 0.15) is 5.82 Å². The lowest BCUT2D eigenvalue weighted by Gasteiger charge is -2.26. The number of nitrogens with one attached hydrogen (secondary N) is 1. The first-order valence-corrected chi connectivity index (χ1v) is 6.37. The van der Waals surface area contributed by atoms with Crippen molar-refractivity contribution in [2.45, 2.75) is 13.3 Å². The Morgan fingerprint density at radius 1 is 1.35 bits per heavy atom. The molecule has 1 aliphatic rings. The number of anilines is 1. The van der Waals surface area contributed by atoms with Crippen LogP contribution in [0.3, 0.4) is 0 Å². The van der Waals surface area contributed by atoms with E-state index in [-0.39, 0.29) is 0 Å². The Balaban J connectivity index is 1.69.